The molecular formula is C20H19ClN4O2. The van der Waals surface area contributed by atoms with Crippen LogP contribution in [0.1, 0.15) is 21.6 Å². The predicted molar refractivity (Wildman–Crippen MR) is 105 cm³/mol. The summed E-state index contributed by atoms with van der Waals surface area (Å²) in [6.45, 7) is 1.67. The van der Waals surface area contributed by atoms with Gasteiger partial charge in [0.2, 0.25) is 0 Å². The zero-order valence-corrected chi connectivity index (χ0v) is 15.6. The molecule has 0 bridgehead atoms. The van der Waals surface area contributed by atoms with Crippen LogP contribution in [0.3, 0.4) is 0 Å². The maximum atomic E-state index is 11.4. The number of fused-ring (bicyclic) bond motifs is 1. The van der Waals surface area contributed by atoms with Gasteiger partial charge in [0.05, 0.1) is 22.0 Å². The van der Waals surface area contributed by atoms with Crippen molar-refractivity contribution >= 4 is 29.1 Å². The number of carbonyl (C=O) groups is 1. The number of nitrogens with zero attached hydrogens (tertiary/aromatic N) is 3. The molecule has 0 amide bonds. The van der Waals surface area contributed by atoms with Gasteiger partial charge in [0.25, 0.3) is 0 Å². The van der Waals surface area contributed by atoms with E-state index in [1.165, 1.54) is 6.07 Å². The van der Waals surface area contributed by atoms with Gasteiger partial charge in [0, 0.05) is 30.8 Å². The Kier molecular flexibility index (Phi) is 4.59. The molecule has 27 heavy (non-hydrogen) atoms. The Morgan fingerprint density at radius 2 is 2.00 bits per heavy atom. The number of benzene rings is 2. The van der Waals surface area contributed by atoms with Crippen molar-refractivity contribution in [3.8, 4) is 5.69 Å². The fraction of sp³-hybridized carbons (Fsp3) is 0.200. The van der Waals surface area contributed by atoms with E-state index in [1.807, 2.05) is 30.3 Å². The molecule has 0 saturated heterocycles. The quantitative estimate of drug-likeness (QED) is 0.714. The van der Waals surface area contributed by atoms with Crippen LogP contribution in [0.4, 0.5) is 11.5 Å². The highest BCUT2D eigenvalue weighted by atomic mass is 35.5. The fourth-order valence-electron chi connectivity index (χ4n) is 3.32. The molecule has 2 heterocycles. The highest BCUT2D eigenvalue weighted by Crippen LogP contribution is 2.32. The van der Waals surface area contributed by atoms with Crippen molar-refractivity contribution in [1.82, 2.24) is 14.7 Å². The van der Waals surface area contributed by atoms with Crippen LogP contribution >= 0.6 is 11.6 Å². The summed E-state index contributed by atoms with van der Waals surface area (Å²) in [6.07, 6.45) is 0.808. The number of carboxylic acids is 1. The lowest BCUT2D eigenvalue weighted by Gasteiger charge is -2.23. The van der Waals surface area contributed by atoms with Crippen molar-refractivity contribution in [2.24, 2.45) is 0 Å². The van der Waals surface area contributed by atoms with E-state index in [-0.39, 0.29) is 5.56 Å². The van der Waals surface area contributed by atoms with E-state index in [0.717, 1.165) is 42.3 Å². The lowest BCUT2D eigenvalue weighted by Crippen LogP contribution is -2.27. The van der Waals surface area contributed by atoms with Crippen LogP contribution in [0, 0.1) is 0 Å². The van der Waals surface area contributed by atoms with Crippen LogP contribution in [0.25, 0.3) is 5.69 Å². The molecule has 7 heteroatoms. The average Bonchev–Trinajstić information content (AvgIpc) is 3.00. The molecule has 0 atom stereocenters. The van der Waals surface area contributed by atoms with Crippen LogP contribution in [0.2, 0.25) is 5.02 Å². The van der Waals surface area contributed by atoms with Gasteiger partial charge in [-0.2, -0.15) is 0 Å². The Morgan fingerprint density at radius 3 is 2.74 bits per heavy atom. The summed E-state index contributed by atoms with van der Waals surface area (Å²) in [4.78, 5) is 13.6. The third-order valence-electron chi connectivity index (χ3n) is 4.71. The number of anilines is 2. The van der Waals surface area contributed by atoms with Crippen LogP contribution < -0.4 is 5.32 Å². The van der Waals surface area contributed by atoms with E-state index < -0.39 is 5.97 Å². The lowest BCUT2D eigenvalue weighted by atomic mass is 10.1. The molecule has 0 saturated carbocycles. The van der Waals surface area contributed by atoms with Crippen molar-refractivity contribution in [3.63, 3.8) is 0 Å². The van der Waals surface area contributed by atoms with Gasteiger partial charge in [-0.25, -0.2) is 9.48 Å². The number of aromatic carboxylic acids is 1. The number of rotatable bonds is 4. The van der Waals surface area contributed by atoms with Crippen LogP contribution in [-0.2, 0) is 13.0 Å². The van der Waals surface area contributed by atoms with Gasteiger partial charge in [-0.3, -0.25) is 0 Å². The number of hydrogen-bond acceptors (Lipinski definition) is 4. The average molecular weight is 383 g/mol. The first-order valence-electron chi connectivity index (χ1n) is 8.67. The molecule has 0 fully saturated rings. The number of hydrogen-bond donors (Lipinski definition) is 2. The third-order valence-corrected chi connectivity index (χ3v) is 5.03. The maximum absolute atomic E-state index is 11.4. The van der Waals surface area contributed by atoms with Crippen molar-refractivity contribution in [1.29, 1.82) is 0 Å². The van der Waals surface area contributed by atoms with E-state index in [4.69, 9.17) is 16.7 Å². The largest absolute Gasteiger partial charge is 0.478 e. The summed E-state index contributed by atoms with van der Waals surface area (Å²) in [5.41, 5.74) is 3.87. The molecular weight excluding hydrogens is 364 g/mol. The summed E-state index contributed by atoms with van der Waals surface area (Å²) in [6, 6.07) is 14.5. The molecule has 0 unspecified atom stereocenters. The van der Waals surface area contributed by atoms with Crippen molar-refractivity contribution < 1.29 is 9.90 Å². The summed E-state index contributed by atoms with van der Waals surface area (Å²) in [7, 11) is 2.07. The molecule has 3 aromatic rings. The fourth-order valence-corrected chi connectivity index (χ4v) is 3.52. The van der Waals surface area contributed by atoms with Crippen molar-refractivity contribution in [2.75, 3.05) is 18.9 Å². The molecule has 1 aliphatic rings. The van der Waals surface area contributed by atoms with Gasteiger partial charge < -0.3 is 15.3 Å². The van der Waals surface area contributed by atoms with Crippen molar-refractivity contribution in [3.05, 3.63) is 70.4 Å². The maximum Gasteiger partial charge on any atom is 0.335 e. The van der Waals surface area contributed by atoms with Gasteiger partial charge in [0.1, 0.15) is 0 Å². The Balaban J connectivity index is 1.84. The first-order valence-corrected chi connectivity index (χ1v) is 9.05. The van der Waals surface area contributed by atoms with Gasteiger partial charge in [-0.1, -0.05) is 29.8 Å². The molecule has 6 nitrogen and oxygen atoms in total. The second-order valence-electron chi connectivity index (χ2n) is 6.64. The molecule has 0 aliphatic carbocycles. The second-order valence-corrected chi connectivity index (χ2v) is 7.04. The normalized spacial score (nSPS) is 14.0. The summed E-state index contributed by atoms with van der Waals surface area (Å²) in [5, 5.41) is 17.9. The predicted octanol–water partition coefficient (Wildman–Crippen LogP) is 3.96. The molecule has 0 radical (unpaired) electrons. The smallest absolute Gasteiger partial charge is 0.335 e. The lowest BCUT2D eigenvalue weighted by molar-refractivity contribution is 0.0697. The Bertz CT molecular complexity index is 1000. The minimum absolute atomic E-state index is 0.184. The number of likely N-dealkylation sites (N-methyl/N-ethyl adjacent to an activating group) is 1. The van der Waals surface area contributed by atoms with E-state index in [9.17, 15) is 9.90 Å². The minimum atomic E-state index is -0.990. The molecule has 1 aromatic heterocycles. The zero-order valence-electron chi connectivity index (χ0n) is 14.8. The number of para-hydroxylation sites is 1. The van der Waals surface area contributed by atoms with Crippen molar-refractivity contribution in [2.45, 2.75) is 13.0 Å². The Labute approximate surface area is 162 Å². The monoisotopic (exact) mass is 382 g/mol. The second kappa shape index (κ2) is 7.06. The molecule has 1 aliphatic heterocycles. The Morgan fingerprint density at radius 1 is 1.22 bits per heavy atom. The van der Waals surface area contributed by atoms with E-state index in [0.29, 0.717) is 10.7 Å². The van der Waals surface area contributed by atoms with E-state index >= 15 is 0 Å². The topological polar surface area (TPSA) is 70.4 Å². The summed E-state index contributed by atoms with van der Waals surface area (Å²) < 4.78 is 1.78. The standard InChI is InChI=1S/C20H19ClN4O2/c1-24-10-9-17-15(12-24)19(22-14-5-3-2-4-6-14)23-25(17)18-11-13(20(26)27)7-8-16(18)21/h2-8,11H,9-10,12H2,1H3,(H,22,23)(H,26,27). The molecule has 0 spiro atoms. The zero-order chi connectivity index (χ0) is 19.0. The number of carboxylic acid groups (broad SMARTS) is 1. The van der Waals surface area contributed by atoms with Gasteiger partial charge in [-0.05, 0) is 37.4 Å². The third kappa shape index (κ3) is 3.41. The SMILES string of the molecule is CN1CCc2c(c(Nc3ccccc3)nn2-c2cc(C(=O)O)ccc2Cl)C1. The first-order chi connectivity index (χ1) is 13.0. The molecule has 2 aromatic carbocycles. The van der Waals surface area contributed by atoms with Crippen LogP contribution in [0.15, 0.2) is 48.5 Å². The highest BCUT2D eigenvalue weighted by Gasteiger charge is 2.25. The van der Waals surface area contributed by atoms with Crippen LogP contribution in [-0.4, -0.2) is 39.3 Å². The van der Waals surface area contributed by atoms with Gasteiger partial charge in [0.15, 0.2) is 5.82 Å². The highest BCUT2D eigenvalue weighted by molar-refractivity contribution is 6.32. The summed E-state index contributed by atoms with van der Waals surface area (Å²) in [5.74, 6) is -0.226. The van der Waals surface area contributed by atoms with Gasteiger partial charge >= 0.3 is 5.97 Å². The molecule has 2 N–H and O–H groups in total. The van der Waals surface area contributed by atoms with E-state index in [1.54, 1.807) is 16.8 Å². The van der Waals surface area contributed by atoms with E-state index in [2.05, 4.69) is 17.3 Å². The number of halogens is 1. The molecule has 138 valence electrons. The first kappa shape index (κ1) is 17.6. The number of nitrogens with one attached hydrogen (secondary N) is 1. The summed E-state index contributed by atoms with van der Waals surface area (Å²) >= 11 is 6.39. The minimum Gasteiger partial charge on any atom is -0.478 e. The number of aromatic nitrogens is 2. The Hall–Kier alpha value is -2.83. The van der Waals surface area contributed by atoms with Crippen LogP contribution in [0.5, 0.6) is 0 Å². The van der Waals surface area contributed by atoms with Gasteiger partial charge in [-0.15, -0.1) is 5.10 Å². The molecule has 4 rings (SSSR count).